The molecule has 1 heterocycles. The third-order valence-corrected chi connectivity index (χ3v) is 7.79. The Bertz CT molecular complexity index is 921. The molecule has 2 N–H and O–H groups in total. The number of nitrogens with zero attached hydrogens (tertiary/aromatic N) is 1. The van der Waals surface area contributed by atoms with E-state index in [9.17, 15) is 9.59 Å². The fraction of sp³-hybridized carbons (Fsp3) is 0.522. The zero-order valence-electron chi connectivity index (χ0n) is 17.1. The number of carbonyl (C=O) groups is 2. The standard InChI is InChI=1S/C23H27N3O3S/c1-2-29-22(28)26-21-24-18(17-6-4-3-5-7-17)19(30-21)25-20(27)23-11-14-8-15(12-23)10-16(9-14)13-23/h3-7,14-16H,2,8-13H2,1H3,(H,25,27)(H,24,26,28). The molecule has 1 aromatic carbocycles. The first kappa shape index (κ1) is 19.5. The van der Waals surface area contributed by atoms with Crippen molar-refractivity contribution in [2.75, 3.05) is 17.2 Å². The first-order valence-electron chi connectivity index (χ1n) is 10.9. The summed E-state index contributed by atoms with van der Waals surface area (Å²) in [6.45, 7) is 2.05. The minimum atomic E-state index is -0.537. The van der Waals surface area contributed by atoms with Crippen LogP contribution < -0.4 is 10.6 Å². The summed E-state index contributed by atoms with van der Waals surface area (Å²) in [6, 6.07) is 9.75. The highest BCUT2D eigenvalue weighted by atomic mass is 32.1. The highest BCUT2D eigenvalue weighted by molar-refractivity contribution is 7.20. The summed E-state index contributed by atoms with van der Waals surface area (Å²) in [5.41, 5.74) is 1.36. The summed E-state index contributed by atoms with van der Waals surface area (Å²) in [5, 5.41) is 7.01. The van der Waals surface area contributed by atoms with E-state index in [0.717, 1.165) is 24.8 Å². The Morgan fingerprint density at radius 1 is 1.07 bits per heavy atom. The SMILES string of the molecule is CCOC(=O)Nc1nc(-c2ccccc2)c(NC(=O)C23CC4CC(CC(C4)C2)C3)s1. The average Bonchev–Trinajstić information content (AvgIpc) is 3.10. The van der Waals surface area contributed by atoms with Crippen LogP contribution in [0.4, 0.5) is 14.9 Å². The van der Waals surface area contributed by atoms with Crippen LogP contribution >= 0.6 is 11.3 Å². The van der Waals surface area contributed by atoms with Gasteiger partial charge in [0.05, 0.1) is 12.0 Å². The summed E-state index contributed by atoms with van der Waals surface area (Å²) in [4.78, 5) is 30.0. The van der Waals surface area contributed by atoms with Crippen LogP contribution in [0.3, 0.4) is 0 Å². The highest BCUT2D eigenvalue weighted by Gasteiger charge is 2.54. The summed E-state index contributed by atoms with van der Waals surface area (Å²) in [6.07, 6.45) is 6.40. The van der Waals surface area contributed by atoms with Gasteiger partial charge in [0.15, 0.2) is 5.13 Å². The molecule has 6 nitrogen and oxygen atoms in total. The second-order valence-corrected chi connectivity index (χ2v) is 10.1. The molecule has 2 aromatic rings. The van der Waals surface area contributed by atoms with E-state index in [1.165, 1.54) is 30.6 Å². The average molecular weight is 426 g/mol. The fourth-order valence-corrected chi connectivity index (χ4v) is 7.00. The van der Waals surface area contributed by atoms with Gasteiger partial charge in [0, 0.05) is 5.56 Å². The molecule has 4 fully saturated rings. The molecule has 0 radical (unpaired) electrons. The predicted molar refractivity (Wildman–Crippen MR) is 117 cm³/mol. The minimum absolute atomic E-state index is 0.130. The maximum Gasteiger partial charge on any atom is 0.413 e. The first-order chi connectivity index (χ1) is 14.5. The molecule has 7 heteroatoms. The van der Waals surface area contributed by atoms with Gasteiger partial charge in [-0.25, -0.2) is 9.78 Å². The van der Waals surface area contributed by atoms with E-state index in [-0.39, 0.29) is 11.3 Å². The van der Waals surface area contributed by atoms with Crippen molar-refractivity contribution in [1.82, 2.24) is 4.98 Å². The van der Waals surface area contributed by atoms with Crippen molar-refractivity contribution >= 4 is 33.5 Å². The van der Waals surface area contributed by atoms with Crippen molar-refractivity contribution in [3.8, 4) is 11.3 Å². The van der Waals surface area contributed by atoms with Crippen LogP contribution in [0.5, 0.6) is 0 Å². The molecule has 1 aromatic heterocycles. The van der Waals surface area contributed by atoms with E-state index in [1.807, 2.05) is 30.3 Å². The Morgan fingerprint density at radius 2 is 1.70 bits per heavy atom. The lowest BCUT2D eigenvalue weighted by Gasteiger charge is -2.55. The third kappa shape index (κ3) is 3.60. The minimum Gasteiger partial charge on any atom is -0.450 e. The van der Waals surface area contributed by atoms with Gasteiger partial charge >= 0.3 is 6.09 Å². The molecule has 4 aliphatic carbocycles. The zero-order chi connectivity index (χ0) is 20.7. The van der Waals surface area contributed by atoms with Crippen LogP contribution in [0.2, 0.25) is 0 Å². The van der Waals surface area contributed by atoms with Gasteiger partial charge in [-0.05, 0) is 63.2 Å². The van der Waals surface area contributed by atoms with Gasteiger partial charge in [-0.1, -0.05) is 41.7 Å². The lowest BCUT2D eigenvalue weighted by molar-refractivity contribution is -0.140. The number of aromatic nitrogens is 1. The maximum absolute atomic E-state index is 13.5. The molecule has 30 heavy (non-hydrogen) atoms. The van der Waals surface area contributed by atoms with E-state index in [2.05, 4.69) is 15.6 Å². The van der Waals surface area contributed by atoms with Crippen molar-refractivity contribution in [2.45, 2.75) is 45.4 Å². The van der Waals surface area contributed by atoms with Crippen LogP contribution in [-0.2, 0) is 9.53 Å². The Morgan fingerprint density at radius 3 is 2.30 bits per heavy atom. The normalized spacial score (nSPS) is 28.9. The molecular weight excluding hydrogens is 398 g/mol. The Hall–Kier alpha value is -2.41. The number of carbonyl (C=O) groups excluding carboxylic acids is 2. The predicted octanol–water partition coefficient (Wildman–Crippen LogP) is 5.53. The van der Waals surface area contributed by atoms with Crippen molar-refractivity contribution < 1.29 is 14.3 Å². The second-order valence-electron chi connectivity index (χ2n) is 9.06. The highest BCUT2D eigenvalue weighted by Crippen LogP contribution is 2.60. The molecule has 2 amide bonds. The molecule has 0 atom stereocenters. The van der Waals surface area contributed by atoms with Gasteiger partial charge in [0.1, 0.15) is 10.7 Å². The number of hydrogen-bond donors (Lipinski definition) is 2. The summed E-state index contributed by atoms with van der Waals surface area (Å²) in [5.74, 6) is 2.25. The number of ether oxygens (including phenoxy) is 1. The van der Waals surface area contributed by atoms with Gasteiger partial charge in [-0.3, -0.25) is 10.1 Å². The smallest absolute Gasteiger partial charge is 0.413 e. The molecule has 158 valence electrons. The van der Waals surface area contributed by atoms with E-state index in [0.29, 0.717) is 40.2 Å². The van der Waals surface area contributed by atoms with Crippen molar-refractivity contribution in [3.63, 3.8) is 0 Å². The van der Waals surface area contributed by atoms with Crippen LogP contribution in [-0.4, -0.2) is 23.6 Å². The molecule has 4 saturated carbocycles. The zero-order valence-corrected chi connectivity index (χ0v) is 18.0. The molecule has 4 bridgehead atoms. The Balaban J connectivity index is 1.42. The van der Waals surface area contributed by atoms with Crippen molar-refractivity contribution in [2.24, 2.45) is 23.2 Å². The number of nitrogens with one attached hydrogen (secondary N) is 2. The van der Waals surface area contributed by atoms with E-state index < -0.39 is 6.09 Å². The van der Waals surface area contributed by atoms with Gasteiger partial charge in [-0.2, -0.15) is 0 Å². The number of benzene rings is 1. The molecule has 6 rings (SSSR count). The van der Waals surface area contributed by atoms with Gasteiger partial charge in [0.25, 0.3) is 0 Å². The van der Waals surface area contributed by atoms with Crippen LogP contribution in [0.15, 0.2) is 30.3 Å². The summed E-state index contributed by atoms with van der Waals surface area (Å²) in [7, 11) is 0. The summed E-state index contributed by atoms with van der Waals surface area (Å²) >= 11 is 1.29. The lowest BCUT2D eigenvalue weighted by atomic mass is 9.49. The number of thiazole rings is 1. The number of hydrogen-bond acceptors (Lipinski definition) is 5. The molecular formula is C23H27N3O3S. The van der Waals surface area contributed by atoms with E-state index in [1.54, 1.807) is 6.92 Å². The molecule has 4 aliphatic rings. The second kappa shape index (κ2) is 7.69. The maximum atomic E-state index is 13.5. The van der Waals surface area contributed by atoms with Crippen molar-refractivity contribution in [3.05, 3.63) is 30.3 Å². The Kier molecular flexibility index (Phi) is 5.01. The topological polar surface area (TPSA) is 80.3 Å². The van der Waals surface area contributed by atoms with Crippen molar-refractivity contribution in [1.29, 1.82) is 0 Å². The molecule has 0 spiro atoms. The molecule has 0 unspecified atom stereocenters. The van der Waals surface area contributed by atoms with Crippen LogP contribution in [0.1, 0.15) is 45.4 Å². The number of anilines is 2. The van der Waals surface area contributed by atoms with Gasteiger partial charge in [-0.15, -0.1) is 0 Å². The van der Waals surface area contributed by atoms with Gasteiger partial charge < -0.3 is 10.1 Å². The largest absolute Gasteiger partial charge is 0.450 e. The number of rotatable bonds is 5. The fourth-order valence-electron chi connectivity index (χ4n) is 6.13. The third-order valence-electron chi connectivity index (χ3n) is 6.91. The number of amides is 2. The quantitative estimate of drug-likeness (QED) is 0.660. The van der Waals surface area contributed by atoms with Gasteiger partial charge in [0.2, 0.25) is 5.91 Å². The monoisotopic (exact) mass is 425 g/mol. The van der Waals surface area contributed by atoms with Crippen LogP contribution in [0.25, 0.3) is 11.3 Å². The first-order valence-corrected chi connectivity index (χ1v) is 11.7. The lowest BCUT2D eigenvalue weighted by Crippen LogP contribution is -2.51. The molecule has 0 saturated heterocycles. The Labute approximate surface area is 180 Å². The van der Waals surface area contributed by atoms with Crippen LogP contribution in [0, 0.1) is 23.2 Å². The van der Waals surface area contributed by atoms with E-state index >= 15 is 0 Å². The van der Waals surface area contributed by atoms with E-state index in [4.69, 9.17) is 4.74 Å². The summed E-state index contributed by atoms with van der Waals surface area (Å²) < 4.78 is 4.98. The molecule has 0 aliphatic heterocycles.